The Hall–Kier alpha value is -1.75. The van der Waals surface area contributed by atoms with Gasteiger partial charge < -0.3 is 4.74 Å². The third-order valence-corrected chi connectivity index (χ3v) is 2.94. The summed E-state index contributed by atoms with van der Waals surface area (Å²) < 4.78 is 84.5. The molecule has 0 aliphatic heterocycles. The summed E-state index contributed by atoms with van der Waals surface area (Å²) in [7, 11) is -6.38. The number of nitrogens with zero attached hydrogens (tertiary/aromatic N) is 1. The normalized spacial score (nSPS) is 13.1. The fraction of sp³-hybridized carbons (Fsp3) is 0.333. The Morgan fingerprint density at radius 2 is 1.75 bits per heavy atom. The van der Waals surface area contributed by atoms with Crippen LogP contribution in [-0.2, 0) is 14.9 Å². The minimum atomic E-state index is -6.38. The number of hydrogen-bond acceptors (Lipinski definition) is 5. The van der Waals surface area contributed by atoms with E-state index in [9.17, 15) is 30.8 Å². The van der Waals surface area contributed by atoms with Gasteiger partial charge in [0.05, 0.1) is 0 Å². The molecule has 11 heteroatoms. The summed E-state index contributed by atoms with van der Waals surface area (Å²) in [5, 5.41) is -5.81. The van der Waals surface area contributed by atoms with Crippen molar-refractivity contribution in [2.45, 2.75) is 17.6 Å². The number of ether oxygens (including phenoxy) is 1. The molecule has 0 amide bonds. The van der Waals surface area contributed by atoms with Gasteiger partial charge in [0.1, 0.15) is 12.2 Å². The predicted molar refractivity (Wildman–Crippen MR) is 55.9 cm³/mol. The van der Waals surface area contributed by atoms with E-state index in [1.807, 2.05) is 0 Å². The van der Waals surface area contributed by atoms with Crippen LogP contribution in [0.5, 0.6) is 5.75 Å². The van der Waals surface area contributed by atoms with Crippen molar-refractivity contribution in [1.82, 2.24) is 4.98 Å². The molecule has 0 spiro atoms. The molecule has 0 aromatic carbocycles. The zero-order chi connectivity index (χ0) is 15.6. The van der Waals surface area contributed by atoms with Gasteiger partial charge in [-0.25, -0.2) is 0 Å². The van der Waals surface area contributed by atoms with Gasteiger partial charge in [-0.05, 0) is 12.1 Å². The number of carbonyl (C=O) groups excluding carboxylic acids is 1. The van der Waals surface area contributed by atoms with Crippen molar-refractivity contribution in [2.24, 2.45) is 0 Å². The van der Waals surface area contributed by atoms with Crippen LogP contribution in [0.2, 0.25) is 0 Å². The largest absolute Gasteiger partial charge is 0.432 e. The van der Waals surface area contributed by atoms with E-state index >= 15 is 0 Å². The molecule has 0 saturated heterocycles. The first-order valence-electron chi connectivity index (χ1n) is 4.81. The second-order valence-corrected chi connectivity index (χ2v) is 4.99. The van der Waals surface area contributed by atoms with Gasteiger partial charge in [0.2, 0.25) is 0 Å². The van der Waals surface area contributed by atoms with Gasteiger partial charge in [-0.1, -0.05) is 0 Å². The maximum Gasteiger partial charge on any atom is 0.432 e. The summed E-state index contributed by atoms with van der Waals surface area (Å²) in [4.78, 5) is 14.6. The smallest absolute Gasteiger partial charge is 0.426 e. The number of aromatic nitrogens is 1. The van der Waals surface area contributed by atoms with E-state index in [0.29, 0.717) is 0 Å². The summed E-state index contributed by atoms with van der Waals surface area (Å²) in [6.45, 7) is 0. The lowest BCUT2D eigenvalue weighted by atomic mass is 10.2. The predicted octanol–water partition coefficient (Wildman–Crippen LogP) is 1.49. The highest BCUT2D eigenvalue weighted by Crippen LogP contribution is 2.40. The standard InChI is InChI=1S/C9H7F4NO5S/c10-8(11,9(12,13)20(16,17)18)5-7(15)19-6-1-3-14-4-2-6/h1-4H,5H2,(H,16,17,18). The molecule has 112 valence electrons. The lowest BCUT2D eigenvalue weighted by molar-refractivity contribution is -0.177. The Morgan fingerprint density at radius 1 is 1.25 bits per heavy atom. The molecule has 1 rings (SSSR count). The highest BCUT2D eigenvalue weighted by molar-refractivity contribution is 7.87. The lowest BCUT2D eigenvalue weighted by Gasteiger charge is -2.22. The molecule has 0 atom stereocenters. The maximum atomic E-state index is 13.0. The van der Waals surface area contributed by atoms with Gasteiger partial charge in [-0.2, -0.15) is 26.0 Å². The molecular formula is C9H7F4NO5S. The summed E-state index contributed by atoms with van der Waals surface area (Å²) in [5.41, 5.74) is 0. The molecule has 1 heterocycles. The molecule has 0 aliphatic carbocycles. The summed E-state index contributed by atoms with van der Waals surface area (Å²) >= 11 is 0. The Bertz CT molecular complexity index is 590. The number of halogens is 4. The number of rotatable bonds is 5. The SMILES string of the molecule is O=C(CC(F)(F)C(F)(F)S(=O)(=O)O)Oc1ccncc1. The Kier molecular flexibility index (Phi) is 4.34. The topological polar surface area (TPSA) is 93.6 Å². The molecule has 6 nitrogen and oxygen atoms in total. The lowest BCUT2D eigenvalue weighted by Crippen LogP contribution is -2.48. The fourth-order valence-electron chi connectivity index (χ4n) is 1.05. The summed E-state index contributed by atoms with van der Waals surface area (Å²) in [5.74, 6) is -7.37. The zero-order valence-electron chi connectivity index (χ0n) is 9.46. The van der Waals surface area contributed by atoms with Crippen LogP contribution in [0.15, 0.2) is 24.5 Å². The molecule has 0 unspecified atom stereocenters. The molecule has 20 heavy (non-hydrogen) atoms. The van der Waals surface area contributed by atoms with Crippen LogP contribution in [0.1, 0.15) is 6.42 Å². The average molecular weight is 317 g/mol. The Morgan fingerprint density at radius 3 is 2.20 bits per heavy atom. The first kappa shape index (κ1) is 16.3. The van der Waals surface area contributed by atoms with Crippen LogP contribution in [0.4, 0.5) is 17.6 Å². The summed E-state index contributed by atoms with van der Waals surface area (Å²) in [6, 6.07) is 2.19. The summed E-state index contributed by atoms with van der Waals surface area (Å²) in [6.07, 6.45) is 0.0587. The minimum absolute atomic E-state index is 0.240. The average Bonchev–Trinajstić information content (AvgIpc) is 2.27. The van der Waals surface area contributed by atoms with E-state index in [1.54, 1.807) is 0 Å². The van der Waals surface area contributed by atoms with E-state index < -0.39 is 33.7 Å². The second-order valence-electron chi connectivity index (χ2n) is 3.53. The van der Waals surface area contributed by atoms with Gasteiger partial charge in [-0.15, -0.1) is 0 Å². The Labute approximate surface area is 110 Å². The number of esters is 1. The van der Waals surface area contributed by atoms with Crippen LogP contribution in [0, 0.1) is 0 Å². The van der Waals surface area contributed by atoms with E-state index in [1.165, 1.54) is 0 Å². The van der Waals surface area contributed by atoms with Crippen LogP contribution < -0.4 is 4.74 Å². The molecular weight excluding hydrogens is 310 g/mol. The van der Waals surface area contributed by atoms with E-state index in [-0.39, 0.29) is 5.75 Å². The monoisotopic (exact) mass is 317 g/mol. The first-order valence-corrected chi connectivity index (χ1v) is 6.25. The van der Waals surface area contributed by atoms with Gasteiger partial charge in [0.25, 0.3) is 0 Å². The second kappa shape index (κ2) is 5.32. The van der Waals surface area contributed by atoms with Crippen LogP contribution in [0.3, 0.4) is 0 Å². The molecule has 0 bridgehead atoms. The minimum Gasteiger partial charge on any atom is -0.426 e. The molecule has 0 aliphatic rings. The van der Waals surface area contributed by atoms with Crippen molar-refractivity contribution in [3.8, 4) is 5.75 Å². The van der Waals surface area contributed by atoms with Gasteiger partial charge in [0, 0.05) is 12.4 Å². The third-order valence-electron chi connectivity index (χ3n) is 2.00. The van der Waals surface area contributed by atoms with Crippen molar-refractivity contribution in [2.75, 3.05) is 0 Å². The van der Waals surface area contributed by atoms with Crippen molar-refractivity contribution < 1.29 is 40.1 Å². The van der Waals surface area contributed by atoms with Crippen LogP contribution >= 0.6 is 0 Å². The van der Waals surface area contributed by atoms with E-state index in [0.717, 1.165) is 24.5 Å². The molecule has 1 N–H and O–H groups in total. The van der Waals surface area contributed by atoms with Crippen LogP contribution in [0.25, 0.3) is 0 Å². The van der Waals surface area contributed by atoms with E-state index in [2.05, 4.69) is 9.72 Å². The first-order chi connectivity index (χ1) is 8.97. The van der Waals surface area contributed by atoms with Crippen LogP contribution in [-0.4, -0.2) is 35.1 Å². The highest BCUT2D eigenvalue weighted by Gasteiger charge is 2.66. The zero-order valence-corrected chi connectivity index (χ0v) is 10.3. The third kappa shape index (κ3) is 3.42. The van der Waals surface area contributed by atoms with E-state index in [4.69, 9.17) is 4.55 Å². The number of carbonyl (C=O) groups is 1. The van der Waals surface area contributed by atoms with Gasteiger partial charge >= 0.3 is 27.3 Å². The molecule has 0 saturated carbocycles. The molecule has 0 radical (unpaired) electrons. The number of hydrogen-bond donors (Lipinski definition) is 1. The maximum absolute atomic E-state index is 13.0. The van der Waals surface area contributed by atoms with Gasteiger partial charge in [0.15, 0.2) is 0 Å². The van der Waals surface area contributed by atoms with Gasteiger partial charge in [-0.3, -0.25) is 14.3 Å². The number of alkyl halides is 4. The fourth-order valence-corrected chi connectivity index (χ4v) is 1.50. The quantitative estimate of drug-likeness (QED) is 0.502. The molecule has 0 fully saturated rings. The number of pyridine rings is 1. The Balaban J connectivity index is 2.84. The molecule has 1 aromatic rings. The van der Waals surface area contributed by atoms with Crippen molar-refractivity contribution >= 4 is 16.1 Å². The van der Waals surface area contributed by atoms with Crippen molar-refractivity contribution in [3.05, 3.63) is 24.5 Å². The molecule has 1 aromatic heterocycles. The highest BCUT2D eigenvalue weighted by atomic mass is 32.2. The van der Waals surface area contributed by atoms with Crippen molar-refractivity contribution in [3.63, 3.8) is 0 Å². The van der Waals surface area contributed by atoms with Crippen molar-refractivity contribution in [1.29, 1.82) is 0 Å².